The minimum atomic E-state index is -3.70. The zero-order chi connectivity index (χ0) is 21.1. The Morgan fingerprint density at radius 3 is 2.29 bits per heavy atom. The maximum atomic E-state index is 13.0. The van der Waals surface area contributed by atoms with Gasteiger partial charge in [0.1, 0.15) is 6.04 Å². The molecule has 0 saturated carbocycles. The number of anilines is 1. The summed E-state index contributed by atoms with van der Waals surface area (Å²) in [5.41, 5.74) is 3.25. The molecule has 1 amide bonds. The summed E-state index contributed by atoms with van der Waals surface area (Å²) in [5.74, 6) is -0.364. The number of hydrogen-bond donors (Lipinski definition) is 1. The molecule has 2 rings (SSSR count). The molecule has 0 aliphatic heterocycles. The number of nitrogens with one attached hydrogen (secondary N) is 1. The summed E-state index contributed by atoms with van der Waals surface area (Å²) < 4.78 is 26.1. The summed E-state index contributed by atoms with van der Waals surface area (Å²) in [6.07, 6.45) is 1.78. The van der Waals surface area contributed by atoms with E-state index in [0.29, 0.717) is 17.1 Å². The molecule has 28 heavy (non-hydrogen) atoms. The van der Waals surface area contributed by atoms with Gasteiger partial charge in [-0.1, -0.05) is 54.4 Å². The van der Waals surface area contributed by atoms with Crippen molar-refractivity contribution in [1.82, 2.24) is 5.32 Å². The summed E-state index contributed by atoms with van der Waals surface area (Å²) in [6, 6.07) is 11.8. The molecule has 0 aliphatic carbocycles. The maximum Gasteiger partial charge on any atom is 0.244 e. The van der Waals surface area contributed by atoms with Crippen molar-refractivity contribution in [3.05, 3.63) is 64.2 Å². The predicted octanol–water partition coefficient (Wildman–Crippen LogP) is 4.38. The first-order valence-corrected chi connectivity index (χ1v) is 11.4. The van der Waals surface area contributed by atoms with E-state index < -0.39 is 16.1 Å². The number of benzene rings is 2. The van der Waals surface area contributed by atoms with Crippen molar-refractivity contribution in [3.8, 4) is 0 Å². The Morgan fingerprint density at radius 2 is 1.75 bits per heavy atom. The van der Waals surface area contributed by atoms with E-state index in [1.165, 1.54) is 0 Å². The number of nitrogens with zero attached hydrogens (tertiary/aromatic N) is 1. The van der Waals surface area contributed by atoms with E-state index >= 15 is 0 Å². The van der Waals surface area contributed by atoms with Crippen molar-refractivity contribution in [2.45, 2.75) is 46.2 Å². The van der Waals surface area contributed by atoms with E-state index in [9.17, 15) is 13.2 Å². The van der Waals surface area contributed by atoms with E-state index in [1.54, 1.807) is 32.0 Å². The van der Waals surface area contributed by atoms with Gasteiger partial charge in [0, 0.05) is 5.02 Å². The third-order valence-corrected chi connectivity index (χ3v) is 6.16. The number of sulfonamides is 1. The molecule has 0 spiro atoms. The van der Waals surface area contributed by atoms with Crippen LogP contribution in [0.3, 0.4) is 0 Å². The second-order valence-electron chi connectivity index (χ2n) is 7.05. The average molecular weight is 423 g/mol. The molecule has 0 aromatic heterocycles. The Hall–Kier alpha value is -2.05. The van der Waals surface area contributed by atoms with Gasteiger partial charge in [-0.25, -0.2) is 8.42 Å². The van der Waals surface area contributed by atoms with Gasteiger partial charge < -0.3 is 5.32 Å². The minimum Gasteiger partial charge on any atom is -0.347 e. The Kier molecular flexibility index (Phi) is 7.12. The van der Waals surface area contributed by atoms with Gasteiger partial charge >= 0.3 is 0 Å². The molecule has 0 saturated heterocycles. The molecule has 0 aliphatic rings. The minimum absolute atomic E-state index is 0.197. The lowest BCUT2D eigenvalue weighted by Gasteiger charge is -2.31. The standard InChI is InChI=1S/C21H27ClN2O3S/c1-6-19(17-10-7-14(2)8-11-17)23-21(25)16(4)24(28(5,26)27)20-13-18(22)12-9-15(20)3/h7-13,16,19H,6H2,1-5H3,(H,23,25)/t16-,19+/m1/s1. The van der Waals surface area contributed by atoms with Gasteiger partial charge in [-0.3, -0.25) is 9.10 Å². The van der Waals surface area contributed by atoms with Gasteiger partial charge in [-0.05, 0) is 50.5 Å². The molecule has 0 fully saturated rings. The van der Waals surface area contributed by atoms with Crippen molar-refractivity contribution in [1.29, 1.82) is 0 Å². The fourth-order valence-corrected chi connectivity index (χ4v) is 4.50. The molecule has 1 N–H and O–H groups in total. The number of halogens is 1. The lowest BCUT2D eigenvalue weighted by atomic mass is 10.0. The number of carbonyl (C=O) groups is 1. The molecule has 0 bridgehead atoms. The smallest absolute Gasteiger partial charge is 0.244 e. The van der Waals surface area contributed by atoms with Crippen LogP contribution in [0, 0.1) is 13.8 Å². The molecule has 0 unspecified atom stereocenters. The highest BCUT2D eigenvalue weighted by molar-refractivity contribution is 7.92. The molecular weight excluding hydrogens is 396 g/mol. The second-order valence-corrected chi connectivity index (χ2v) is 9.34. The molecule has 2 aromatic carbocycles. The molecular formula is C21H27ClN2O3S. The van der Waals surface area contributed by atoms with Gasteiger partial charge in [0.05, 0.1) is 18.0 Å². The fourth-order valence-electron chi connectivity index (χ4n) is 3.11. The monoisotopic (exact) mass is 422 g/mol. The van der Waals surface area contributed by atoms with Crippen LogP contribution in [0.5, 0.6) is 0 Å². The quantitative estimate of drug-likeness (QED) is 0.720. The highest BCUT2D eigenvalue weighted by Gasteiger charge is 2.31. The molecule has 2 aromatic rings. The van der Waals surface area contributed by atoms with Gasteiger partial charge in [0.15, 0.2) is 0 Å². The van der Waals surface area contributed by atoms with Crippen LogP contribution in [0.25, 0.3) is 0 Å². The normalized spacial score (nSPS) is 13.6. The number of rotatable bonds is 7. The van der Waals surface area contributed by atoms with Gasteiger partial charge in [-0.2, -0.15) is 0 Å². The summed E-state index contributed by atoms with van der Waals surface area (Å²) >= 11 is 6.07. The summed E-state index contributed by atoms with van der Waals surface area (Å²) in [6.45, 7) is 7.35. The van der Waals surface area contributed by atoms with Crippen molar-refractivity contribution >= 4 is 33.2 Å². The van der Waals surface area contributed by atoms with Crippen LogP contribution >= 0.6 is 11.6 Å². The van der Waals surface area contributed by atoms with Gasteiger partial charge in [0.25, 0.3) is 0 Å². The van der Waals surface area contributed by atoms with Crippen molar-refractivity contribution in [2.75, 3.05) is 10.6 Å². The van der Waals surface area contributed by atoms with Crippen molar-refractivity contribution in [2.24, 2.45) is 0 Å². The van der Waals surface area contributed by atoms with E-state index in [2.05, 4.69) is 5.32 Å². The lowest BCUT2D eigenvalue weighted by Crippen LogP contribution is -2.48. The second kappa shape index (κ2) is 8.97. The lowest BCUT2D eigenvalue weighted by molar-refractivity contribution is -0.122. The number of carbonyl (C=O) groups excluding carboxylic acids is 1. The third-order valence-electron chi connectivity index (χ3n) is 4.70. The Labute approximate surface area is 172 Å². The topological polar surface area (TPSA) is 66.5 Å². The first-order chi connectivity index (χ1) is 13.0. The van der Waals surface area contributed by atoms with Crippen molar-refractivity contribution < 1.29 is 13.2 Å². The van der Waals surface area contributed by atoms with Crippen LogP contribution in [0.15, 0.2) is 42.5 Å². The van der Waals surface area contributed by atoms with E-state index in [-0.39, 0.29) is 11.9 Å². The summed E-state index contributed by atoms with van der Waals surface area (Å²) in [4.78, 5) is 13.0. The highest BCUT2D eigenvalue weighted by atomic mass is 35.5. The van der Waals surface area contributed by atoms with Crippen LogP contribution in [0.2, 0.25) is 5.02 Å². The number of aryl methyl sites for hydroxylation is 2. The number of hydrogen-bond acceptors (Lipinski definition) is 3. The van der Waals surface area contributed by atoms with E-state index in [4.69, 9.17) is 11.6 Å². The van der Waals surface area contributed by atoms with Crippen molar-refractivity contribution in [3.63, 3.8) is 0 Å². The molecule has 152 valence electrons. The summed E-state index contributed by atoms with van der Waals surface area (Å²) in [7, 11) is -3.70. The molecule has 2 atom stereocenters. The first-order valence-electron chi connectivity index (χ1n) is 9.17. The van der Waals surface area contributed by atoms with Crippen LogP contribution in [0.1, 0.15) is 43.0 Å². The number of amides is 1. The summed E-state index contributed by atoms with van der Waals surface area (Å²) in [5, 5.41) is 3.39. The fraction of sp³-hybridized carbons (Fsp3) is 0.381. The SMILES string of the molecule is CC[C@H](NC(=O)[C@@H](C)N(c1cc(Cl)ccc1C)S(C)(=O)=O)c1ccc(C)cc1. The average Bonchev–Trinajstić information content (AvgIpc) is 2.62. The zero-order valence-electron chi connectivity index (χ0n) is 16.9. The predicted molar refractivity (Wildman–Crippen MR) is 115 cm³/mol. The Bertz CT molecular complexity index is 943. The highest BCUT2D eigenvalue weighted by Crippen LogP contribution is 2.28. The zero-order valence-corrected chi connectivity index (χ0v) is 18.4. The largest absolute Gasteiger partial charge is 0.347 e. The first kappa shape index (κ1) is 22.2. The molecule has 0 heterocycles. The van der Waals surface area contributed by atoms with Crippen LogP contribution in [0.4, 0.5) is 5.69 Å². The maximum absolute atomic E-state index is 13.0. The van der Waals surface area contributed by atoms with E-state index in [0.717, 1.165) is 27.3 Å². The third kappa shape index (κ3) is 5.26. The van der Waals surface area contributed by atoms with Gasteiger partial charge in [-0.15, -0.1) is 0 Å². The molecule has 7 heteroatoms. The van der Waals surface area contributed by atoms with Crippen LogP contribution < -0.4 is 9.62 Å². The Morgan fingerprint density at radius 1 is 1.14 bits per heavy atom. The molecule has 0 radical (unpaired) electrons. The van der Waals surface area contributed by atoms with E-state index in [1.807, 2.05) is 38.1 Å². The van der Waals surface area contributed by atoms with Crippen LogP contribution in [-0.2, 0) is 14.8 Å². The van der Waals surface area contributed by atoms with Crippen LogP contribution in [-0.4, -0.2) is 26.6 Å². The Balaban J connectivity index is 2.33. The molecule has 5 nitrogen and oxygen atoms in total. The van der Waals surface area contributed by atoms with Gasteiger partial charge in [0.2, 0.25) is 15.9 Å².